The third kappa shape index (κ3) is 1.68. The Hall–Kier alpha value is -1.22. The monoisotopic (exact) mass is 186 g/mol. The van der Waals surface area contributed by atoms with Gasteiger partial charge in [0.1, 0.15) is 11.5 Å². The van der Waals surface area contributed by atoms with Crippen LogP contribution in [0.15, 0.2) is 18.2 Å². The normalized spacial score (nSPS) is 9.50. The van der Waals surface area contributed by atoms with Crippen LogP contribution in [0, 0.1) is 0 Å². The SMILES string of the molecule is COc1cc(O)ccc1C(=O)Cl. The molecule has 0 unspecified atom stereocenters. The number of hydrogen-bond acceptors (Lipinski definition) is 3. The van der Waals surface area contributed by atoms with Gasteiger partial charge in [-0.15, -0.1) is 0 Å². The third-order valence-electron chi connectivity index (χ3n) is 1.40. The van der Waals surface area contributed by atoms with Crippen LogP contribution in [0.4, 0.5) is 0 Å². The maximum Gasteiger partial charge on any atom is 0.256 e. The molecule has 0 spiro atoms. The van der Waals surface area contributed by atoms with E-state index in [1.807, 2.05) is 0 Å². The molecule has 0 saturated heterocycles. The van der Waals surface area contributed by atoms with Crippen molar-refractivity contribution < 1.29 is 14.6 Å². The average molecular weight is 187 g/mol. The van der Waals surface area contributed by atoms with E-state index in [-0.39, 0.29) is 17.1 Å². The third-order valence-corrected chi connectivity index (χ3v) is 1.60. The molecule has 0 saturated carbocycles. The number of halogens is 1. The number of hydrogen-bond donors (Lipinski definition) is 1. The van der Waals surface area contributed by atoms with Gasteiger partial charge in [0.05, 0.1) is 12.7 Å². The number of phenols is 1. The molecule has 1 aromatic carbocycles. The molecule has 0 atom stereocenters. The molecule has 0 heterocycles. The number of phenolic OH excluding ortho intramolecular Hbond substituents is 1. The van der Waals surface area contributed by atoms with Crippen LogP contribution < -0.4 is 4.74 Å². The highest BCUT2D eigenvalue weighted by molar-refractivity contribution is 6.68. The fraction of sp³-hybridized carbons (Fsp3) is 0.125. The summed E-state index contributed by atoms with van der Waals surface area (Å²) in [6.07, 6.45) is 0. The fourth-order valence-electron chi connectivity index (χ4n) is 0.842. The Morgan fingerprint density at radius 2 is 2.25 bits per heavy atom. The van der Waals surface area contributed by atoms with Gasteiger partial charge in [-0.2, -0.15) is 0 Å². The minimum atomic E-state index is -0.605. The van der Waals surface area contributed by atoms with Crippen LogP contribution in [0.5, 0.6) is 11.5 Å². The molecule has 12 heavy (non-hydrogen) atoms. The summed E-state index contributed by atoms with van der Waals surface area (Å²) in [6, 6.07) is 4.11. The van der Waals surface area contributed by atoms with Crippen LogP contribution in [0.2, 0.25) is 0 Å². The van der Waals surface area contributed by atoms with E-state index in [4.69, 9.17) is 21.4 Å². The molecule has 0 aromatic heterocycles. The van der Waals surface area contributed by atoms with Crippen molar-refractivity contribution in [2.24, 2.45) is 0 Å². The zero-order valence-electron chi connectivity index (χ0n) is 6.37. The maximum atomic E-state index is 10.7. The van der Waals surface area contributed by atoms with Gasteiger partial charge in [0.15, 0.2) is 0 Å². The minimum Gasteiger partial charge on any atom is -0.508 e. The number of rotatable bonds is 2. The number of aromatic hydroxyl groups is 1. The van der Waals surface area contributed by atoms with Crippen LogP contribution in [-0.4, -0.2) is 17.5 Å². The van der Waals surface area contributed by atoms with Crippen molar-refractivity contribution in [2.75, 3.05) is 7.11 Å². The molecular formula is C8H7ClO3. The number of benzene rings is 1. The molecule has 0 aliphatic heterocycles. The Morgan fingerprint density at radius 3 is 2.75 bits per heavy atom. The Labute approximate surface area is 74.5 Å². The molecule has 1 N–H and O–H groups in total. The van der Waals surface area contributed by atoms with Crippen LogP contribution in [0.1, 0.15) is 10.4 Å². The first-order chi connectivity index (χ1) is 5.65. The molecule has 0 aliphatic rings. The van der Waals surface area contributed by atoms with Gasteiger partial charge in [0.25, 0.3) is 5.24 Å². The molecule has 0 amide bonds. The van der Waals surface area contributed by atoms with Crippen molar-refractivity contribution in [1.82, 2.24) is 0 Å². The second kappa shape index (κ2) is 3.45. The lowest BCUT2D eigenvalue weighted by molar-refractivity contribution is 0.107. The fourth-order valence-corrected chi connectivity index (χ4v) is 0.998. The first kappa shape index (κ1) is 8.87. The van der Waals surface area contributed by atoms with Crippen molar-refractivity contribution in [2.45, 2.75) is 0 Å². The summed E-state index contributed by atoms with van der Waals surface area (Å²) >= 11 is 5.24. The molecular weight excluding hydrogens is 180 g/mol. The quantitative estimate of drug-likeness (QED) is 0.717. The van der Waals surface area contributed by atoms with Crippen molar-refractivity contribution >= 4 is 16.8 Å². The van der Waals surface area contributed by atoms with Crippen molar-refractivity contribution in [1.29, 1.82) is 0 Å². The Balaban J connectivity index is 3.20. The second-order valence-corrected chi connectivity index (χ2v) is 2.50. The number of ether oxygens (including phenoxy) is 1. The Bertz CT molecular complexity index is 309. The molecule has 0 fully saturated rings. The van der Waals surface area contributed by atoms with Crippen LogP contribution in [0.25, 0.3) is 0 Å². The molecule has 1 rings (SSSR count). The van der Waals surface area contributed by atoms with E-state index < -0.39 is 5.24 Å². The van der Waals surface area contributed by atoms with Crippen molar-refractivity contribution in [3.8, 4) is 11.5 Å². The lowest BCUT2D eigenvalue weighted by Gasteiger charge is -2.03. The van der Waals surface area contributed by atoms with E-state index in [9.17, 15) is 4.79 Å². The van der Waals surface area contributed by atoms with Crippen LogP contribution in [-0.2, 0) is 0 Å². The van der Waals surface area contributed by atoms with Gasteiger partial charge in [-0.25, -0.2) is 0 Å². The standard InChI is InChI=1S/C8H7ClO3/c1-12-7-4-5(10)2-3-6(7)8(9)11/h2-4,10H,1H3. The molecule has 0 bridgehead atoms. The number of methoxy groups -OCH3 is 1. The first-order valence-corrected chi connectivity index (χ1v) is 3.60. The largest absolute Gasteiger partial charge is 0.508 e. The highest BCUT2D eigenvalue weighted by Gasteiger charge is 2.09. The van der Waals surface area contributed by atoms with Gasteiger partial charge in [-0.3, -0.25) is 4.79 Å². The van der Waals surface area contributed by atoms with E-state index in [0.717, 1.165) is 0 Å². The van der Waals surface area contributed by atoms with Gasteiger partial charge < -0.3 is 9.84 Å². The summed E-state index contributed by atoms with van der Waals surface area (Å²) in [6.45, 7) is 0. The van der Waals surface area contributed by atoms with Crippen LogP contribution >= 0.6 is 11.6 Å². The summed E-state index contributed by atoms with van der Waals surface area (Å²) in [5, 5.41) is 8.41. The van der Waals surface area contributed by atoms with Crippen LogP contribution in [0.3, 0.4) is 0 Å². The average Bonchev–Trinajstić information content (AvgIpc) is 2.03. The summed E-state index contributed by atoms with van der Waals surface area (Å²) < 4.78 is 4.82. The van der Waals surface area contributed by atoms with E-state index in [0.29, 0.717) is 0 Å². The molecule has 0 aliphatic carbocycles. The van der Waals surface area contributed by atoms with Crippen molar-refractivity contribution in [3.63, 3.8) is 0 Å². The Kier molecular flexibility index (Phi) is 2.55. The zero-order valence-corrected chi connectivity index (χ0v) is 7.13. The first-order valence-electron chi connectivity index (χ1n) is 3.22. The topological polar surface area (TPSA) is 46.5 Å². The predicted molar refractivity (Wildman–Crippen MR) is 44.8 cm³/mol. The summed E-state index contributed by atoms with van der Waals surface area (Å²) in [4.78, 5) is 10.7. The summed E-state index contributed by atoms with van der Waals surface area (Å²) in [5.41, 5.74) is 0.247. The lowest BCUT2D eigenvalue weighted by atomic mass is 10.2. The smallest absolute Gasteiger partial charge is 0.256 e. The molecule has 64 valence electrons. The van der Waals surface area contributed by atoms with E-state index in [1.54, 1.807) is 0 Å². The second-order valence-electron chi connectivity index (χ2n) is 2.16. The number of carbonyl (C=O) groups is 1. The van der Waals surface area contributed by atoms with Gasteiger partial charge in [-0.1, -0.05) is 0 Å². The Morgan fingerprint density at radius 1 is 1.58 bits per heavy atom. The van der Waals surface area contributed by atoms with Gasteiger partial charge in [0, 0.05) is 6.07 Å². The summed E-state index contributed by atoms with van der Waals surface area (Å²) in [7, 11) is 1.40. The van der Waals surface area contributed by atoms with Gasteiger partial charge in [-0.05, 0) is 23.7 Å². The number of carbonyl (C=O) groups excluding carboxylic acids is 1. The molecule has 3 nitrogen and oxygen atoms in total. The summed E-state index contributed by atoms with van der Waals surface area (Å²) in [5.74, 6) is 0.309. The predicted octanol–water partition coefficient (Wildman–Crippen LogP) is 1.78. The molecule has 1 aromatic rings. The highest BCUT2D eigenvalue weighted by Crippen LogP contribution is 2.24. The van der Waals surface area contributed by atoms with Gasteiger partial charge >= 0.3 is 0 Å². The minimum absolute atomic E-state index is 0.0357. The zero-order chi connectivity index (χ0) is 9.14. The van der Waals surface area contributed by atoms with E-state index >= 15 is 0 Å². The molecule has 4 heteroatoms. The van der Waals surface area contributed by atoms with Crippen molar-refractivity contribution in [3.05, 3.63) is 23.8 Å². The molecule has 0 radical (unpaired) electrons. The van der Waals surface area contributed by atoms with E-state index in [1.165, 1.54) is 25.3 Å². The van der Waals surface area contributed by atoms with E-state index in [2.05, 4.69) is 0 Å². The van der Waals surface area contributed by atoms with Gasteiger partial charge in [0.2, 0.25) is 0 Å². The lowest BCUT2D eigenvalue weighted by Crippen LogP contribution is -1.94. The highest BCUT2D eigenvalue weighted by atomic mass is 35.5. The maximum absolute atomic E-state index is 10.7.